The van der Waals surface area contributed by atoms with Crippen LogP contribution in [0.15, 0.2) is 42.5 Å². The number of hydrogen-bond acceptors (Lipinski definition) is 2. The number of benzene rings is 2. The standard InChI is InChI=1S/C15H14FNO/c16-10-5-6-12-11(7-8-17-14(12)9-10)13-3-1-2-4-15(13)18/h1-6,9,11,17-18H,7-8H2. The second-order valence-electron chi connectivity index (χ2n) is 4.56. The fourth-order valence-corrected chi connectivity index (χ4v) is 2.60. The average Bonchev–Trinajstić information content (AvgIpc) is 2.38. The summed E-state index contributed by atoms with van der Waals surface area (Å²) in [5.74, 6) is 0.196. The van der Waals surface area contributed by atoms with Crippen LogP contribution in [0.25, 0.3) is 0 Å². The third-order valence-corrected chi connectivity index (χ3v) is 3.45. The first-order valence-electron chi connectivity index (χ1n) is 6.07. The van der Waals surface area contributed by atoms with E-state index in [-0.39, 0.29) is 11.7 Å². The molecule has 1 atom stereocenters. The Morgan fingerprint density at radius 2 is 1.94 bits per heavy atom. The Morgan fingerprint density at radius 3 is 2.78 bits per heavy atom. The highest BCUT2D eigenvalue weighted by Gasteiger charge is 2.23. The molecule has 0 aliphatic carbocycles. The van der Waals surface area contributed by atoms with Crippen LogP contribution in [-0.4, -0.2) is 11.7 Å². The molecule has 0 spiro atoms. The summed E-state index contributed by atoms with van der Waals surface area (Å²) in [5, 5.41) is 13.1. The summed E-state index contributed by atoms with van der Waals surface area (Å²) in [7, 11) is 0. The molecule has 0 saturated carbocycles. The van der Waals surface area contributed by atoms with E-state index in [4.69, 9.17) is 0 Å². The molecule has 1 aliphatic rings. The summed E-state index contributed by atoms with van der Waals surface area (Å²) in [5.41, 5.74) is 2.78. The molecule has 0 radical (unpaired) electrons. The zero-order valence-electron chi connectivity index (χ0n) is 9.86. The van der Waals surface area contributed by atoms with E-state index in [1.165, 1.54) is 12.1 Å². The summed E-state index contributed by atoms with van der Waals surface area (Å²) in [4.78, 5) is 0. The van der Waals surface area contributed by atoms with Gasteiger partial charge in [-0.05, 0) is 30.2 Å². The molecule has 1 heterocycles. The molecule has 2 nitrogen and oxygen atoms in total. The smallest absolute Gasteiger partial charge is 0.125 e. The second-order valence-corrected chi connectivity index (χ2v) is 4.56. The number of anilines is 1. The van der Waals surface area contributed by atoms with Crippen LogP contribution in [0.3, 0.4) is 0 Å². The molecule has 0 amide bonds. The third-order valence-electron chi connectivity index (χ3n) is 3.45. The van der Waals surface area contributed by atoms with Crippen LogP contribution < -0.4 is 5.32 Å². The van der Waals surface area contributed by atoms with Crippen molar-refractivity contribution in [3.05, 3.63) is 59.4 Å². The van der Waals surface area contributed by atoms with Gasteiger partial charge in [-0.15, -0.1) is 0 Å². The summed E-state index contributed by atoms with van der Waals surface area (Å²) in [6.45, 7) is 0.787. The Bertz CT molecular complexity index is 582. The Kier molecular flexibility index (Phi) is 2.67. The van der Waals surface area contributed by atoms with Crippen molar-refractivity contribution in [3.8, 4) is 5.75 Å². The second kappa shape index (κ2) is 4.33. The van der Waals surface area contributed by atoms with Crippen molar-refractivity contribution in [2.75, 3.05) is 11.9 Å². The first-order chi connectivity index (χ1) is 8.75. The van der Waals surface area contributed by atoms with E-state index in [1.54, 1.807) is 12.1 Å². The van der Waals surface area contributed by atoms with Gasteiger partial charge in [-0.25, -0.2) is 4.39 Å². The van der Waals surface area contributed by atoms with Crippen molar-refractivity contribution >= 4 is 5.69 Å². The maximum atomic E-state index is 13.2. The molecule has 1 aliphatic heterocycles. The maximum absolute atomic E-state index is 13.2. The van der Waals surface area contributed by atoms with Gasteiger partial charge in [0.2, 0.25) is 0 Å². The largest absolute Gasteiger partial charge is 0.508 e. The zero-order chi connectivity index (χ0) is 12.5. The molecule has 0 fully saturated rings. The summed E-state index contributed by atoms with van der Waals surface area (Å²) >= 11 is 0. The van der Waals surface area contributed by atoms with Gasteiger partial charge in [0.1, 0.15) is 11.6 Å². The van der Waals surface area contributed by atoms with E-state index in [0.29, 0.717) is 5.75 Å². The lowest BCUT2D eigenvalue weighted by atomic mass is 9.85. The number of aromatic hydroxyl groups is 1. The third kappa shape index (κ3) is 1.82. The Morgan fingerprint density at radius 1 is 1.11 bits per heavy atom. The highest BCUT2D eigenvalue weighted by molar-refractivity contribution is 5.58. The molecule has 92 valence electrons. The van der Waals surface area contributed by atoms with E-state index in [0.717, 1.165) is 29.8 Å². The van der Waals surface area contributed by atoms with Crippen LogP contribution in [0.4, 0.5) is 10.1 Å². The molecule has 3 heteroatoms. The quantitative estimate of drug-likeness (QED) is 0.803. The van der Waals surface area contributed by atoms with Gasteiger partial charge in [-0.3, -0.25) is 0 Å². The minimum absolute atomic E-state index is 0.128. The van der Waals surface area contributed by atoms with Crippen LogP contribution in [0.5, 0.6) is 5.75 Å². The van der Waals surface area contributed by atoms with Gasteiger partial charge in [0.15, 0.2) is 0 Å². The van der Waals surface area contributed by atoms with Crippen molar-refractivity contribution in [2.24, 2.45) is 0 Å². The summed E-state index contributed by atoms with van der Waals surface area (Å²) in [6.07, 6.45) is 0.899. The molecular formula is C15H14FNO. The topological polar surface area (TPSA) is 32.3 Å². The number of fused-ring (bicyclic) bond motifs is 1. The van der Waals surface area contributed by atoms with Gasteiger partial charge in [-0.1, -0.05) is 24.3 Å². The van der Waals surface area contributed by atoms with E-state index in [2.05, 4.69) is 5.32 Å². The van der Waals surface area contributed by atoms with Gasteiger partial charge in [0.05, 0.1) is 0 Å². The normalized spacial score (nSPS) is 17.9. The molecule has 0 bridgehead atoms. The van der Waals surface area contributed by atoms with Crippen LogP contribution in [-0.2, 0) is 0 Å². The molecule has 1 unspecified atom stereocenters. The number of rotatable bonds is 1. The first-order valence-corrected chi connectivity index (χ1v) is 6.07. The first kappa shape index (κ1) is 11.1. The van der Waals surface area contributed by atoms with E-state index in [9.17, 15) is 9.50 Å². The highest BCUT2D eigenvalue weighted by atomic mass is 19.1. The molecule has 2 aromatic rings. The fraction of sp³-hybridized carbons (Fsp3) is 0.200. The molecule has 0 aromatic heterocycles. The van der Waals surface area contributed by atoms with Gasteiger partial charge < -0.3 is 10.4 Å². The lowest BCUT2D eigenvalue weighted by Gasteiger charge is -2.27. The monoisotopic (exact) mass is 243 g/mol. The SMILES string of the molecule is Oc1ccccc1C1CCNc2cc(F)ccc21. The summed E-state index contributed by atoms with van der Waals surface area (Å²) in [6, 6.07) is 12.1. The zero-order valence-corrected chi connectivity index (χ0v) is 9.86. The van der Waals surface area contributed by atoms with Crippen molar-refractivity contribution in [1.82, 2.24) is 0 Å². The number of halogens is 1. The molecule has 0 saturated heterocycles. The molecule has 3 rings (SSSR count). The number of phenols is 1. The molecule has 2 aromatic carbocycles. The number of hydrogen-bond donors (Lipinski definition) is 2. The van der Waals surface area contributed by atoms with Crippen molar-refractivity contribution in [1.29, 1.82) is 0 Å². The number of phenolic OH excluding ortho intramolecular Hbond substituents is 1. The maximum Gasteiger partial charge on any atom is 0.125 e. The van der Waals surface area contributed by atoms with E-state index < -0.39 is 0 Å². The van der Waals surface area contributed by atoms with Crippen LogP contribution >= 0.6 is 0 Å². The summed E-state index contributed by atoms with van der Waals surface area (Å²) < 4.78 is 13.2. The Labute approximate surface area is 105 Å². The fourth-order valence-electron chi connectivity index (χ4n) is 2.60. The van der Waals surface area contributed by atoms with Gasteiger partial charge in [0.25, 0.3) is 0 Å². The number of nitrogens with one attached hydrogen (secondary N) is 1. The van der Waals surface area contributed by atoms with Crippen molar-refractivity contribution < 1.29 is 9.50 Å². The highest BCUT2D eigenvalue weighted by Crippen LogP contribution is 2.39. The van der Waals surface area contributed by atoms with Crippen molar-refractivity contribution in [2.45, 2.75) is 12.3 Å². The van der Waals surface area contributed by atoms with Gasteiger partial charge in [-0.2, -0.15) is 0 Å². The predicted molar refractivity (Wildman–Crippen MR) is 69.5 cm³/mol. The van der Waals surface area contributed by atoms with E-state index >= 15 is 0 Å². The van der Waals surface area contributed by atoms with Crippen LogP contribution in [0, 0.1) is 5.82 Å². The lowest BCUT2D eigenvalue weighted by Crippen LogP contribution is -2.17. The molecule has 18 heavy (non-hydrogen) atoms. The van der Waals surface area contributed by atoms with Gasteiger partial charge >= 0.3 is 0 Å². The minimum atomic E-state index is -0.237. The molecule has 2 N–H and O–H groups in total. The van der Waals surface area contributed by atoms with Gasteiger partial charge in [0, 0.05) is 23.7 Å². The molecular weight excluding hydrogens is 229 g/mol. The van der Waals surface area contributed by atoms with Crippen LogP contribution in [0.1, 0.15) is 23.5 Å². The Hall–Kier alpha value is -2.03. The average molecular weight is 243 g/mol. The lowest BCUT2D eigenvalue weighted by molar-refractivity contribution is 0.463. The Balaban J connectivity index is 2.09. The predicted octanol–water partition coefficient (Wildman–Crippen LogP) is 3.48. The van der Waals surface area contributed by atoms with Crippen LogP contribution in [0.2, 0.25) is 0 Å². The number of para-hydroxylation sites is 1. The minimum Gasteiger partial charge on any atom is -0.508 e. The van der Waals surface area contributed by atoms with Crippen molar-refractivity contribution in [3.63, 3.8) is 0 Å². The van der Waals surface area contributed by atoms with E-state index in [1.807, 2.05) is 18.2 Å².